The van der Waals surface area contributed by atoms with E-state index in [2.05, 4.69) is 15.6 Å². The second kappa shape index (κ2) is 7.25. The van der Waals surface area contributed by atoms with Crippen LogP contribution in [0.5, 0.6) is 0 Å². The molecule has 1 saturated heterocycles. The summed E-state index contributed by atoms with van der Waals surface area (Å²) in [5, 5.41) is 5.69. The van der Waals surface area contributed by atoms with E-state index in [1.54, 1.807) is 12.4 Å². The van der Waals surface area contributed by atoms with E-state index in [0.717, 1.165) is 23.1 Å². The van der Waals surface area contributed by atoms with Gasteiger partial charge in [-0.2, -0.15) is 0 Å². The Bertz CT molecular complexity index is 713. The van der Waals surface area contributed by atoms with Crippen molar-refractivity contribution in [1.29, 1.82) is 0 Å². The number of pyridine rings is 1. The molecule has 2 amide bonds. The van der Waals surface area contributed by atoms with E-state index in [0.29, 0.717) is 13.0 Å². The normalized spacial score (nSPS) is 18.5. The predicted molar refractivity (Wildman–Crippen MR) is 92.0 cm³/mol. The van der Waals surface area contributed by atoms with Gasteiger partial charge in [0.15, 0.2) is 0 Å². The lowest BCUT2D eigenvalue weighted by atomic mass is 9.96. The molecule has 1 aliphatic rings. The molecule has 0 spiro atoms. The van der Waals surface area contributed by atoms with Gasteiger partial charge in [0.25, 0.3) is 0 Å². The zero-order chi connectivity index (χ0) is 16.9. The lowest BCUT2D eigenvalue weighted by molar-refractivity contribution is -0.137. The maximum absolute atomic E-state index is 12.3. The summed E-state index contributed by atoms with van der Waals surface area (Å²) < 4.78 is 0. The fraction of sp³-hybridized carbons (Fsp3) is 0.316. The van der Waals surface area contributed by atoms with E-state index in [1.807, 2.05) is 43.3 Å². The summed E-state index contributed by atoms with van der Waals surface area (Å²) in [6.07, 6.45) is 4.99. The van der Waals surface area contributed by atoms with E-state index in [-0.39, 0.29) is 17.9 Å². The van der Waals surface area contributed by atoms with Crippen molar-refractivity contribution in [3.8, 4) is 11.1 Å². The van der Waals surface area contributed by atoms with Crippen molar-refractivity contribution >= 4 is 11.8 Å². The topological polar surface area (TPSA) is 71.1 Å². The van der Waals surface area contributed by atoms with Gasteiger partial charge in [-0.3, -0.25) is 14.6 Å². The number of piperidine rings is 1. The van der Waals surface area contributed by atoms with Crippen LogP contribution in [-0.2, 0) is 9.59 Å². The van der Waals surface area contributed by atoms with Gasteiger partial charge in [-0.25, -0.2) is 0 Å². The van der Waals surface area contributed by atoms with E-state index >= 15 is 0 Å². The number of nitrogens with one attached hydrogen (secondary N) is 2. The van der Waals surface area contributed by atoms with Crippen LogP contribution >= 0.6 is 0 Å². The molecule has 5 heteroatoms. The SMILES string of the molecule is CC(NC(=O)C1CCCNC1=O)c1ccc(-c2ccncc2)cc1. The van der Waals surface area contributed by atoms with Gasteiger partial charge in [0, 0.05) is 18.9 Å². The first kappa shape index (κ1) is 16.2. The molecule has 2 atom stereocenters. The van der Waals surface area contributed by atoms with Crippen molar-refractivity contribution in [3.63, 3.8) is 0 Å². The highest BCUT2D eigenvalue weighted by molar-refractivity contribution is 6.00. The van der Waals surface area contributed by atoms with Gasteiger partial charge in [-0.15, -0.1) is 0 Å². The minimum atomic E-state index is -0.572. The summed E-state index contributed by atoms with van der Waals surface area (Å²) >= 11 is 0. The van der Waals surface area contributed by atoms with Crippen LogP contribution in [0.2, 0.25) is 0 Å². The molecule has 5 nitrogen and oxygen atoms in total. The zero-order valence-electron chi connectivity index (χ0n) is 13.7. The van der Waals surface area contributed by atoms with Crippen LogP contribution in [0, 0.1) is 5.92 Å². The van der Waals surface area contributed by atoms with Gasteiger partial charge in [-0.1, -0.05) is 24.3 Å². The first-order chi connectivity index (χ1) is 11.6. The van der Waals surface area contributed by atoms with Crippen LogP contribution in [0.3, 0.4) is 0 Å². The standard InChI is InChI=1S/C19H21N3O2/c1-13(22-19(24)17-3-2-10-21-18(17)23)14-4-6-15(7-5-14)16-8-11-20-12-9-16/h4-9,11-13,17H,2-3,10H2,1H3,(H,21,23)(H,22,24). The van der Waals surface area contributed by atoms with Gasteiger partial charge in [-0.05, 0) is 48.6 Å². The fourth-order valence-electron chi connectivity index (χ4n) is 2.93. The molecule has 2 N–H and O–H groups in total. The number of amides is 2. The van der Waals surface area contributed by atoms with Crippen molar-refractivity contribution in [2.24, 2.45) is 5.92 Å². The molecule has 1 fully saturated rings. The molecule has 3 rings (SSSR count). The molecule has 24 heavy (non-hydrogen) atoms. The smallest absolute Gasteiger partial charge is 0.233 e. The summed E-state index contributed by atoms with van der Waals surface area (Å²) in [6.45, 7) is 2.59. The number of carbonyl (C=O) groups excluding carboxylic acids is 2. The molecule has 124 valence electrons. The molecule has 0 bridgehead atoms. The number of nitrogens with zero attached hydrogens (tertiary/aromatic N) is 1. The Morgan fingerprint density at radius 2 is 1.83 bits per heavy atom. The Kier molecular flexibility index (Phi) is 4.89. The maximum atomic E-state index is 12.3. The number of aromatic nitrogens is 1. The second-order valence-corrected chi connectivity index (χ2v) is 6.07. The lowest BCUT2D eigenvalue weighted by Gasteiger charge is -2.23. The van der Waals surface area contributed by atoms with Crippen molar-refractivity contribution in [3.05, 3.63) is 54.4 Å². The molecule has 0 aliphatic carbocycles. The summed E-state index contributed by atoms with van der Waals surface area (Å²) in [5.74, 6) is -0.936. The summed E-state index contributed by atoms with van der Waals surface area (Å²) in [6, 6.07) is 11.8. The van der Waals surface area contributed by atoms with Gasteiger partial charge >= 0.3 is 0 Å². The third kappa shape index (κ3) is 3.62. The molecule has 2 unspecified atom stereocenters. The van der Waals surface area contributed by atoms with Crippen LogP contribution in [0.1, 0.15) is 31.4 Å². The second-order valence-electron chi connectivity index (χ2n) is 6.07. The average molecular weight is 323 g/mol. The van der Waals surface area contributed by atoms with E-state index in [1.165, 1.54) is 0 Å². The van der Waals surface area contributed by atoms with Crippen LogP contribution in [-0.4, -0.2) is 23.3 Å². The largest absolute Gasteiger partial charge is 0.355 e. The molecular weight excluding hydrogens is 302 g/mol. The average Bonchev–Trinajstić information content (AvgIpc) is 2.63. The van der Waals surface area contributed by atoms with Crippen LogP contribution in [0.4, 0.5) is 0 Å². The van der Waals surface area contributed by atoms with E-state index < -0.39 is 5.92 Å². The Balaban J connectivity index is 1.65. The molecule has 2 heterocycles. The minimum absolute atomic E-state index is 0.140. The first-order valence-electron chi connectivity index (χ1n) is 8.23. The number of benzene rings is 1. The molecule has 1 aromatic carbocycles. The third-order valence-electron chi connectivity index (χ3n) is 4.38. The van der Waals surface area contributed by atoms with Gasteiger partial charge in [0.1, 0.15) is 5.92 Å². The van der Waals surface area contributed by atoms with Crippen molar-refractivity contribution < 1.29 is 9.59 Å². The van der Waals surface area contributed by atoms with Crippen molar-refractivity contribution in [2.75, 3.05) is 6.54 Å². The molecule has 0 saturated carbocycles. The minimum Gasteiger partial charge on any atom is -0.355 e. The highest BCUT2D eigenvalue weighted by Gasteiger charge is 2.29. The quantitative estimate of drug-likeness (QED) is 0.849. The molecule has 1 aliphatic heterocycles. The molecule has 1 aromatic heterocycles. The molecule has 0 radical (unpaired) electrons. The lowest BCUT2D eigenvalue weighted by Crippen LogP contribution is -2.45. The van der Waals surface area contributed by atoms with E-state index in [9.17, 15) is 9.59 Å². The third-order valence-corrected chi connectivity index (χ3v) is 4.38. The zero-order valence-corrected chi connectivity index (χ0v) is 13.7. The number of hydrogen-bond donors (Lipinski definition) is 2. The molecular formula is C19H21N3O2. The summed E-state index contributed by atoms with van der Waals surface area (Å²) in [5.41, 5.74) is 3.22. The number of rotatable bonds is 4. The van der Waals surface area contributed by atoms with Gasteiger partial charge < -0.3 is 10.6 Å². The Morgan fingerprint density at radius 1 is 1.17 bits per heavy atom. The number of hydrogen-bond acceptors (Lipinski definition) is 3. The van der Waals surface area contributed by atoms with Gasteiger partial charge in [0.05, 0.1) is 6.04 Å². The Labute approximate surface area is 141 Å². The van der Waals surface area contributed by atoms with Crippen molar-refractivity contribution in [2.45, 2.75) is 25.8 Å². The van der Waals surface area contributed by atoms with Crippen LogP contribution in [0.15, 0.2) is 48.8 Å². The van der Waals surface area contributed by atoms with E-state index in [4.69, 9.17) is 0 Å². The van der Waals surface area contributed by atoms with Crippen molar-refractivity contribution in [1.82, 2.24) is 15.6 Å². The molecule has 2 aromatic rings. The van der Waals surface area contributed by atoms with Gasteiger partial charge in [0.2, 0.25) is 11.8 Å². The fourth-order valence-corrected chi connectivity index (χ4v) is 2.93. The monoisotopic (exact) mass is 323 g/mol. The summed E-state index contributed by atoms with van der Waals surface area (Å²) in [4.78, 5) is 28.1. The first-order valence-corrected chi connectivity index (χ1v) is 8.23. The Morgan fingerprint density at radius 3 is 2.50 bits per heavy atom. The Hall–Kier alpha value is -2.69. The summed E-state index contributed by atoms with van der Waals surface area (Å²) in [7, 11) is 0. The predicted octanol–water partition coefficient (Wildman–Crippen LogP) is 2.45. The maximum Gasteiger partial charge on any atom is 0.233 e. The van der Waals surface area contributed by atoms with Crippen LogP contribution < -0.4 is 10.6 Å². The van der Waals surface area contributed by atoms with Crippen LogP contribution in [0.25, 0.3) is 11.1 Å². The highest BCUT2D eigenvalue weighted by atomic mass is 16.2. The highest BCUT2D eigenvalue weighted by Crippen LogP contribution is 2.22. The number of carbonyl (C=O) groups is 2.